The molecule has 7 nitrogen and oxygen atoms in total. The number of halogens is 3. The minimum Gasteiger partial charge on any atom is -0.357 e. The predicted octanol–water partition coefficient (Wildman–Crippen LogP) is 1.98. The van der Waals surface area contributed by atoms with Gasteiger partial charge in [0.1, 0.15) is 6.54 Å². The van der Waals surface area contributed by atoms with Crippen molar-refractivity contribution in [2.45, 2.75) is 6.92 Å². The summed E-state index contributed by atoms with van der Waals surface area (Å²) in [6.45, 7) is 3.48. The van der Waals surface area contributed by atoms with Gasteiger partial charge in [-0.1, -0.05) is 23.2 Å². The molecule has 0 unspecified atom stereocenters. The fourth-order valence-corrected chi connectivity index (χ4v) is 2.02. The Kier molecular flexibility index (Phi) is 12.4. The summed E-state index contributed by atoms with van der Waals surface area (Å²) in [5.41, 5.74) is 0.437. The van der Waals surface area contributed by atoms with Crippen molar-refractivity contribution in [1.82, 2.24) is 20.9 Å². The lowest BCUT2D eigenvalue weighted by atomic mass is 10.2. The third-order valence-corrected chi connectivity index (χ3v) is 3.84. The summed E-state index contributed by atoms with van der Waals surface area (Å²) in [5.74, 6) is 0.178. The highest BCUT2D eigenvalue weighted by atomic mass is 127. The zero-order chi connectivity index (χ0) is 18.8. The molecule has 0 saturated carbocycles. The van der Waals surface area contributed by atoms with Crippen LogP contribution in [-0.4, -0.2) is 62.9 Å². The highest BCUT2D eigenvalue weighted by Crippen LogP contribution is 2.22. The van der Waals surface area contributed by atoms with E-state index >= 15 is 0 Å². The molecule has 0 aliphatic heterocycles. The molecular weight excluding hydrogens is 492 g/mol. The minimum atomic E-state index is -0.245. The van der Waals surface area contributed by atoms with Crippen molar-refractivity contribution in [1.29, 1.82) is 0 Å². The highest BCUT2D eigenvalue weighted by Gasteiger charge is 2.08. The number of benzene rings is 1. The molecule has 1 aromatic rings. The van der Waals surface area contributed by atoms with Gasteiger partial charge in [0.25, 0.3) is 5.91 Å². The number of guanidine groups is 1. The first-order chi connectivity index (χ1) is 11.8. The van der Waals surface area contributed by atoms with Gasteiger partial charge in [0.15, 0.2) is 5.96 Å². The standard InChI is InChI=1S/C16H23Cl2N5O2.HI/c1-4-19-16(22-10-14(24)23(2)3)21-8-7-20-15(25)11-5-6-12(17)13(18)9-11;/h5-6,9H,4,7-8,10H2,1-3H3,(H,20,25)(H2,19,21,22);1H. The van der Waals surface area contributed by atoms with E-state index in [0.717, 1.165) is 0 Å². The summed E-state index contributed by atoms with van der Waals surface area (Å²) in [6.07, 6.45) is 0. The Labute approximate surface area is 180 Å². The molecule has 0 aromatic heterocycles. The van der Waals surface area contributed by atoms with Crippen LogP contribution in [0.25, 0.3) is 0 Å². The summed E-state index contributed by atoms with van der Waals surface area (Å²) in [7, 11) is 3.35. The minimum absolute atomic E-state index is 0. The van der Waals surface area contributed by atoms with Gasteiger partial charge >= 0.3 is 0 Å². The molecule has 0 heterocycles. The zero-order valence-corrected chi connectivity index (χ0v) is 18.8. The van der Waals surface area contributed by atoms with Crippen LogP contribution in [0.3, 0.4) is 0 Å². The summed E-state index contributed by atoms with van der Waals surface area (Å²) in [6, 6.07) is 4.70. The number of hydrogen-bond acceptors (Lipinski definition) is 3. The quantitative estimate of drug-likeness (QED) is 0.224. The van der Waals surface area contributed by atoms with Crippen LogP contribution < -0.4 is 16.0 Å². The number of likely N-dealkylation sites (N-methyl/N-ethyl adjacent to an activating group) is 1. The summed E-state index contributed by atoms with van der Waals surface area (Å²) >= 11 is 11.7. The summed E-state index contributed by atoms with van der Waals surface area (Å²) < 4.78 is 0. The molecule has 3 N–H and O–H groups in total. The fraction of sp³-hybridized carbons (Fsp3) is 0.438. The number of carbonyl (C=O) groups is 2. The molecule has 0 atom stereocenters. The Morgan fingerprint density at radius 2 is 1.73 bits per heavy atom. The van der Waals surface area contributed by atoms with E-state index in [4.69, 9.17) is 23.2 Å². The van der Waals surface area contributed by atoms with Crippen LogP contribution in [0.1, 0.15) is 17.3 Å². The van der Waals surface area contributed by atoms with Crippen molar-refractivity contribution in [3.8, 4) is 0 Å². The van der Waals surface area contributed by atoms with Crippen molar-refractivity contribution in [3.05, 3.63) is 33.8 Å². The lowest BCUT2D eigenvalue weighted by Crippen LogP contribution is -2.42. The Morgan fingerprint density at radius 3 is 2.31 bits per heavy atom. The van der Waals surface area contributed by atoms with Gasteiger partial charge in [-0.15, -0.1) is 24.0 Å². The van der Waals surface area contributed by atoms with E-state index in [2.05, 4.69) is 20.9 Å². The average Bonchev–Trinajstić information content (AvgIpc) is 2.58. The molecule has 0 saturated heterocycles. The normalized spacial score (nSPS) is 10.6. The molecule has 1 aromatic carbocycles. The molecule has 146 valence electrons. The van der Waals surface area contributed by atoms with Gasteiger partial charge < -0.3 is 20.9 Å². The van der Waals surface area contributed by atoms with Crippen molar-refractivity contribution < 1.29 is 9.59 Å². The van der Waals surface area contributed by atoms with Crippen LogP contribution in [0, 0.1) is 0 Å². The number of nitrogens with zero attached hydrogens (tertiary/aromatic N) is 2. The number of aliphatic imine (C=N–C) groups is 1. The first-order valence-electron chi connectivity index (χ1n) is 7.80. The molecule has 0 bridgehead atoms. The van der Waals surface area contributed by atoms with Gasteiger partial charge in [0, 0.05) is 39.3 Å². The van der Waals surface area contributed by atoms with E-state index in [-0.39, 0.29) is 42.3 Å². The van der Waals surface area contributed by atoms with Crippen LogP contribution in [0.2, 0.25) is 10.0 Å². The molecule has 0 fully saturated rings. The molecule has 0 spiro atoms. The molecule has 26 heavy (non-hydrogen) atoms. The topological polar surface area (TPSA) is 85.8 Å². The van der Waals surface area contributed by atoms with Crippen LogP contribution in [0.4, 0.5) is 0 Å². The van der Waals surface area contributed by atoms with Gasteiger partial charge in [-0.25, -0.2) is 4.99 Å². The van der Waals surface area contributed by atoms with Gasteiger partial charge in [-0.2, -0.15) is 0 Å². The van der Waals surface area contributed by atoms with E-state index in [0.29, 0.717) is 41.2 Å². The van der Waals surface area contributed by atoms with Gasteiger partial charge in [0.05, 0.1) is 10.0 Å². The van der Waals surface area contributed by atoms with Crippen molar-refractivity contribution in [2.24, 2.45) is 4.99 Å². The van der Waals surface area contributed by atoms with E-state index in [1.165, 1.54) is 11.0 Å². The Hall–Kier alpha value is -1.26. The number of carbonyl (C=O) groups excluding carboxylic acids is 2. The lowest BCUT2D eigenvalue weighted by Gasteiger charge is -2.13. The zero-order valence-electron chi connectivity index (χ0n) is 14.9. The lowest BCUT2D eigenvalue weighted by molar-refractivity contribution is -0.127. The van der Waals surface area contributed by atoms with E-state index < -0.39 is 0 Å². The van der Waals surface area contributed by atoms with E-state index in [1.54, 1.807) is 26.2 Å². The van der Waals surface area contributed by atoms with Crippen LogP contribution in [0.5, 0.6) is 0 Å². The van der Waals surface area contributed by atoms with Crippen molar-refractivity contribution in [3.63, 3.8) is 0 Å². The maximum absolute atomic E-state index is 12.0. The maximum Gasteiger partial charge on any atom is 0.251 e. The van der Waals surface area contributed by atoms with Crippen LogP contribution in [-0.2, 0) is 4.79 Å². The first-order valence-corrected chi connectivity index (χ1v) is 8.56. The maximum atomic E-state index is 12.0. The Bertz CT molecular complexity index is 641. The second-order valence-electron chi connectivity index (χ2n) is 5.29. The molecular formula is C16H24Cl2IN5O2. The van der Waals surface area contributed by atoms with E-state index in [1.807, 2.05) is 6.92 Å². The second-order valence-corrected chi connectivity index (χ2v) is 6.11. The fourth-order valence-electron chi connectivity index (χ4n) is 1.73. The largest absolute Gasteiger partial charge is 0.357 e. The third kappa shape index (κ3) is 8.91. The van der Waals surface area contributed by atoms with Gasteiger partial charge in [0.2, 0.25) is 5.91 Å². The average molecular weight is 516 g/mol. The Morgan fingerprint density at radius 1 is 1.08 bits per heavy atom. The van der Waals surface area contributed by atoms with Crippen molar-refractivity contribution in [2.75, 3.05) is 40.3 Å². The second kappa shape index (κ2) is 13.0. The van der Waals surface area contributed by atoms with E-state index in [9.17, 15) is 9.59 Å². The van der Waals surface area contributed by atoms with Crippen LogP contribution in [0.15, 0.2) is 23.2 Å². The third-order valence-electron chi connectivity index (χ3n) is 3.10. The SMILES string of the molecule is CCNC(=NCC(=O)N(C)C)NCCNC(=O)c1ccc(Cl)c(Cl)c1.I. The number of nitrogens with one attached hydrogen (secondary N) is 3. The summed E-state index contributed by atoms with van der Waals surface area (Å²) in [5, 5.41) is 9.58. The molecule has 0 radical (unpaired) electrons. The van der Waals surface area contributed by atoms with Crippen molar-refractivity contribution >= 4 is 65.0 Å². The molecule has 2 amide bonds. The molecule has 0 aliphatic carbocycles. The predicted molar refractivity (Wildman–Crippen MR) is 117 cm³/mol. The number of hydrogen-bond donors (Lipinski definition) is 3. The highest BCUT2D eigenvalue weighted by molar-refractivity contribution is 14.0. The number of amides is 2. The molecule has 10 heteroatoms. The van der Waals surface area contributed by atoms with Gasteiger partial charge in [-0.05, 0) is 25.1 Å². The monoisotopic (exact) mass is 515 g/mol. The Balaban J connectivity index is 0.00000625. The smallest absolute Gasteiger partial charge is 0.251 e. The summed E-state index contributed by atoms with van der Waals surface area (Å²) in [4.78, 5) is 29.3. The first kappa shape index (κ1) is 24.7. The molecule has 0 aliphatic rings. The molecule has 1 rings (SSSR count). The van der Waals surface area contributed by atoms with Crippen LogP contribution >= 0.6 is 47.2 Å². The number of rotatable bonds is 7. The van der Waals surface area contributed by atoms with Gasteiger partial charge in [-0.3, -0.25) is 9.59 Å².